The summed E-state index contributed by atoms with van der Waals surface area (Å²) in [6.07, 6.45) is -3.58. The summed E-state index contributed by atoms with van der Waals surface area (Å²) in [6.45, 7) is 7.26. The van der Waals surface area contributed by atoms with E-state index >= 15 is 0 Å². The number of alkyl halides is 3. The largest absolute Gasteiger partial charge is 0.433 e. The van der Waals surface area contributed by atoms with Gasteiger partial charge in [-0.2, -0.15) is 18.3 Å². The van der Waals surface area contributed by atoms with Gasteiger partial charge in [0.1, 0.15) is 5.69 Å². The topological polar surface area (TPSA) is 57.8 Å². The molecule has 1 aliphatic carbocycles. The molecule has 0 amide bonds. The highest BCUT2D eigenvalue weighted by Gasteiger charge is 2.50. The number of anilines is 1. The molecule has 0 fully saturated rings. The Bertz CT molecular complexity index is 695. The molecule has 0 atom stereocenters. The van der Waals surface area contributed by atoms with Gasteiger partial charge in [-0.15, -0.1) is 0 Å². The number of hydrogen-bond donors (Lipinski definition) is 2. The van der Waals surface area contributed by atoms with Crippen molar-refractivity contribution in [1.82, 2.24) is 10.2 Å². The van der Waals surface area contributed by atoms with Crippen LogP contribution in [0.3, 0.4) is 0 Å². The highest BCUT2D eigenvalue weighted by Crippen LogP contribution is 2.51. The number of Topliss-reactive ketones (excluding diaryl/α,β-unsaturated/α-hetero) is 1. The number of fused-ring (bicyclic) bond motifs is 1. The molecule has 2 N–H and O–H groups in total. The number of aromatic nitrogens is 2. The highest BCUT2D eigenvalue weighted by atomic mass is 19.4. The third-order valence-electron chi connectivity index (χ3n) is 4.44. The molecule has 0 bridgehead atoms. The molecule has 1 aromatic rings. The number of carbonyl (C=O) groups excluding carboxylic acids is 1. The fraction of sp³-hybridized carbons (Fsp3) is 0.600. The lowest BCUT2D eigenvalue weighted by Gasteiger charge is -2.41. The average Bonchev–Trinajstić information content (AvgIpc) is 2.69. The fourth-order valence-corrected chi connectivity index (χ4v) is 3.67. The van der Waals surface area contributed by atoms with Crippen LogP contribution in [0.1, 0.15) is 51.8 Å². The minimum atomic E-state index is -4.53. The second-order valence-corrected chi connectivity index (χ2v) is 7.36. The lowest BCUT2D eigenvalue weighted by molar-refractivity contribution is -0.142. The van der Waals surface area contributed by atoms with Crippen LogP contribution in [-0.2, 0) is 16.4 Å². The van der Waals surface area contributed by atoms with Gasteiger partial charge in [0.05, 0.1) is 0 Å². The maximum absolute atomic E-state index is 13.2. The van der Waals surface area contributed by atoms with E-state index in [0.29, 0.717) is 24.1 Å². The Morgan fingerprint density at radius 1 is 1.14 bits per heavy atom. The number of nitrogens with one attached hydrogen (secondary N) is 2. The van der Waals surface area contributed by atoms with Gasteiger partial charge in [-0.25, -0.2) is 0 Å². The smallest absolute Gasteiger partial charge is 0.342 e. The van der Waals surface area contributed by atoms with E-state index < -0.39 is 17.3 Å². The first kappa shape index (κ1) is 15.1. The van der Waals surface area contributed by atoms with E-state index in [4.69, 9.17) is 0 Å². The molecule has 1 aliphatic heterocycles. The molecule has 0 aromatic carbocycles. The van der Waals surface area contributed by atoms with Crippen molar-refractivity contribution in [2.75, 3.05) is 5.32 Å². The van der Waals surface area contributed by atoms with Crippen molar-refractivity contribution in [3.63, 3.8) is 0 Å². The normalized spacial score (nSPS) is 23.0. The molecule has 2 heterocycles. The van der Waals surface area contributed by atoms with Crippen LogP contribution in [0, 0.1) is 5.41 Å². The summed E-state index contributed by atoms with van der Waals surface area (Å²) in [6, 6.07) is 0. The molecule has 0 unspecified atom stereocenters. The van der Waals surface area contributed by atoms with Gasteiger partial charge in [0.25, 0.3) is 0 Å². The molecule has 120 valence electrons. The summed E-state index contributed by atoms with van der Waals surface area (Å²) in [5, 5.41) is 8.81. The number of carbonyl (C=O) groups is 1. The number of ketones is 1. The third kappa shape index (κ3) is 2.06. The number of nitrogens with zero attached hydrogens (tertiary/aromatic N) is 1. The molecule has 0 saturated heterocycles. The third-order valence-corrected chi connectivity index (χ3v) is 4.44. The van der Waals surface area contributed by atoms with Gasteiger partial charge in [0.15, 0.2) is 11.6 Å². The minimum absolute atomic E-state index is 0.0202. The van der Waals surface area contributed by atoms with Gasteiger partial charge in [0, 0.05) is 28.7 Å². The van der Waals surface area contributed by atoms with Crippen LogP contribution in [0.2, 0.25) is 0 Å². The number of hydrogen-bond acceptors (Lipinski definition) is 3. The van der Waals surface area contributed by atoms with E-state index in [-0.39, 0.29) is 22.6 Å². The maximum atomic E-state index is 13.2. The minimum Gasteiger partial charge on any atom is -0.342 e. The quantitative estimate of drug-likeness (QED) is 0.766. The zero-order valence-electron chi connectivity index (χ0n) is 12.9. The average molecular weight is 313 g/mol. The van der Waals surface area contributed by atoms with Gasteiger partial charge >= 0.3 is 6.18 Å². The van der Waals surface area contributed by atoms with E-state index in [1.807, 2.05) is 13.8 Å². The number of allylic oxidation sites excluding steroid dienone is 2. The van der Waals surface area contributed by atoms with E-state index in [0.717, 1.165) is 0 Å². The van der Waals surface area contributed by atoms with Crippen LogP contribution in [-0.4, -0.2) is 16.0 Å². The summed E-state index contributed by atoms with van der Waals surface area (Å²) in [7, 11) is 0. The van der Waals surface area contributed by atoms with Gasteiger partial charge in [-0.05, 0) is 11.8 Å². The summed E-state index contributed by atoms with van der Waals surface area (Å²) >= 11 is 0. The predicted molar refractivity (Wildman–Crippen MR) is 75.3 cm³/mol. The van der Waals surface area contributed by atoms with Crippen molar-refractivity contribution in [1.29, 1.82) is 0 Å². The first-order chi connectivity index (χ1) is 9.93. The van der Waals surface area contributed by atoms with E-state index in [9.17, 15) is 18.0 Å². The number of aromatic amines is 1. The van der Waals surface area contributed by atoms with Crippen molar-refractivity contribution in [3.8, 4) is 0 Å². The van der Waals surface area contributed by atoms with E-state index in [1.54, 1.807) is 13.8 Å². The van der Waals surface area contributed by atoms with Crippen LogP contribution < -0.4 is 5.32 Å². The molecule has 0 spiro atoms. The summed E-state index contributed by atoms with van der Waals surface area (Å²) in [5.41, 5.74) is -0.956. The molecule has 0 saturated carbocycles. The van der Waals surface area contributed by atoms with Gasteiger partial charge in [0.2, 0.25) is 0 Å². The van der Waals surface area contributed by atoms with Crippen molar-refractivity contribution in [2.24, 2.45) is 5.41 Å². The molecule has 2 aliphatic rings. The Hall–Kier alpha value is -1.79. The first-order valence-corrected chi connectivity index (χ1v) is 7.13. The van der Waals surface area contributed by atoms with Crippen molar-refractivity contribution in [2.45, 2.75) is 52.1 Å². The van der Waals surface area contributed by atoms with E-state index in [1.165, 1.54) is 0 Å². The van der Waals surface area contributed by atoms with Crippen LogP contribution in [0.4, 0.5) is 19.0 Å². The molecule has 22 heavy (non-hydrogen) atoms. The van der Waals surface area contributed by atoms with Crippen LogP contribution in [0.5, 0.6) is 0 Å². The van der Waals surface area contributed by atoms with E-state index in [2.05, 4.69) is 15.5 Å². The second-order valence-electron chi connectivity index (χ2n) is 7.36. The van der Waals surface area contributed by atoms with Crippen molar-refractivity contribution < 1.29 is 18.0 Å². The number of halogens is 3. The van der Waals surface area contributed by atoms with Crippen LogP contribution in [0.15, 0.2) is 11.3 Å². The standard InChI is InChI=1S/C15H18F3N3O/c1-13(2)5-7-9(8(22)6-13)14(3,4)10-11(15(16,17)18)20-21-12(10)19-7/h5-6H2,1-4H3,(H2,19,20,21). The lowest BCUT2D eigenvalue weighted by Crippen LogP contribution is -2.40. The zero-order chi connectivity index (χ0) is 16.5. The molecule has 1 aromatic heterocycles. The van der Waals surface area contributed by atoms with Gasteiger partial charge in [-0.3, -0.25) is 9.89 Å². The predicted octanol–water partition coefficient (Wildman–Crippen LogP) is 3.77. The fourth-order valence-electron chi connectivity index (χ4n) is 3.67. The molecule has 4 nitrogen and oxygen atoms in total. The second kappa shape index (κ2) is 4.14. The Balaban J connectivity index is 2.19. The van der Waals surface area contributed by atoms with Gasteiger partial charge < -0.3 is 5.32 Å². The maximum Gasteiger partial charge on any atom is 0.433 e. The Labute approximate surface area is 126 Å². The first-order valence-electron chi connectivity index (χ1n) is 7.13. The summed E-state index contributed by atoms with van der Waals surface area (Å²) in [4.78, 5) is 12.5. The Morgan fingerprint density at radius 2 is 1.77 bits per heavy atom. The Kier molecular flexibility index (Phi) is 2.85. The van der Waals surface area contributed by atoms with Gasteiger partial charge in [-0.1, -0.05) is 27.7 Å². The molecular weight excluding hydrogens is 295 g/mol. The highest BCUT2D eigenvalue weighted by molar-refractivity contribution is 6.01. The molecule has 0 radical (unpaired) electrons. The summed E-state index contributed by atoms with van der Waals surface area (Å²) in [5.74, 6) is 0.0744. The SMILES string of the molecule is CC1(C)CC(=O)C2=C(C1)Nc1n[nH]c(C(F)(F)F)c1C2(C)C. The molecule has 3 rings (SSSR count). The Morgan fingerprint density at radius 3 is 2.36 bits per heavy atom. The molecular formula is C15H18F3N3O. The van der Waals surface area contributed by atoms with Crippen molar-refractivity contribution >= 4 is 11.6 Å². The van der Waals surface area contributed by atoms with Crippen LogP contribution in [0.25, 0.3) is 0 Å². The van der Waals surface area contributed by atoms with Crippen molar-refractivity contribution in [3.05, 3.63) is 22.5 Å². The lowest BCUT2D eigenvalue weighted by atomic mass is 9.65. The number of H-pyrrole nitrogens is 1. The monoisotopic (exact) mass is 313 g/mol. The number of rotatable bonds is 0. The zero-order valence-corrected chi connectivity index (χ0v) is 12.9. The summed E-state index contributed by atoms with van der Waals surface area (Å²) < 4.78 is 39.6. The molecule has 7 heteroatoms. The van der Waals surface area contributed by atoms with Crippen LogP contribution >= 0.6 is 0 Å².